The van der Waals surface area contributed by atoms with E-state index in [1.54, 1.807) is 6.07 Å². The Morgan fingerprint density at radius 3 is 2.50 bits per heavy atom. The highest BCUT2D eigenvalue weighted by atomic mass is 35.5. The number of hydrogen-bond acceptors (Lipinski definition) is 5. The third-order valence-corrected chi connectivity index (χ3v) is 7.38. The minimum Gasteiger partial charge on any atom is -0.492 e. The molecule has 0 saturated carbocycles. The van der Waals surface area contributed by atoms with E-state index in [0.717, 1.165) is 62.9 Å². The lowest BCUT2D eigenvalue weighted by molar-refractivity contribution is 0.131. The summed E-state index contributed by atoms with van der Waals surface area (Å²) < 4.78 is 13.0. The van der Waals surface area contributed by atoms with Crippen molar-refractivity contribution < 1.29 is 9.15 Å². The first-order chi connectivity index (χ1) is 15.7. The van der Waals surface area contributed by atoms with Crippen molar-refractivity contribution in [1.82, 2.24) is 14.7 Å². The molecule has 2 aromatic carbocycles. The van der Waals surface area contributed by atoms with Crippen LogP contribution in [0.4, 0.5) is 0 Å². The molecule has 0 amide bonds. The molecule has 0 bridgehead atoms. The first kappa shape index (κ1) is 20.1. The fraction of sp³-hybridized carbons (Fsp3) is 0.440. The van der Waals surface area contributed by atoms with E-state index in [4.69, 9.17) is 20.8 Å². The zero-order chi connectivity index (χ0) is 21.7. The Hall–Kier alpha value is -2.57. The standard InChI is InChI=1S/C25H26ClN3O3/c26-19-12-18-6-3-11-31-23(18)22(15-19)24-27-29(25(30)32-24)20-7-9-28(10-8-20)21-13-16-4-1-2-5-17(16)14-21/h1-2,4-5,12,15,20-21H,3,6-11,13-14H2. The summed E-state index contributed by atoms with van der Waals surface area (Å²) in [6, 6.07) is 13.1. The number of aryl methyl sites for hydroxylation is 1. The van der Waals surface area contributed by atoms with Gasteiger partial charge in [-0.05, 0) is 67.3 Å². The topological polar surface area (TPSA) is 60.5 Å². The van der Waals surface area contributed by atoms with Crippen LogP contribution in [0.1, 0.15) is 42.0 Å². The maximum atomic E-state index is 12.7. The van der Waals surface area contributed by atoms with Crippen molar-refractivity contribution in [3.05, 3.63) is 68.7 Å². The van der Waals surface area contributed by atoms with E-state index in [1.807, 2.05) is 6.07 Å². The van der Waals surface area contributed by atoms with E-state index >= 15 is 0 Å². The van der Waals surface area contributed by atoms with Crippen LogP contribution < -0.4 is 10.5 Å². The molecular formula is C25H26ClN3O3. The molecule has 3 aliphatic rings. The smallest absolute Gasteiger partial charge is 0.437 e. The van der Waals surface area contributed by atoms with Crippen molar-refractivity contribution in [2.45, 2.75) is 50.6 Å². The Kier molecular flexibility index (Phi) is 5.07. The first-order valence-electron chi connectivity index (χ1n) is 11.5. The van der Waals surface area contributed by atoms with Crippen molar-refractivity contribution in [2.75, 3.05) is 19.7 Å². The Labute approximate surface area is 191 Å². The van der Waals surface area contributed by atoms with E-state index in [1.165, 1.54) is 15.8 Å². The number of piperidine rings is 1. The Bertz CT molecular complexity index is 1180. The van der Waals surface area contributed by atoms with E-state index < -0.39 is 5.76 Å². The number of hydrogen-bond donors (Lipinski definition) is 0. The summed E-state index contributed by atoms with van der Waals surface area (Å²) in [6.45, 7) is 2.58. The summed E-state index contributed by atoms with van der Waals surface area (Å²) in [6.07, 6.45) is 5.88. The van der Waals surface area contributed by atoms with Crippen LogP contribution in [0.25, 0.3) is 11.5 Å². The fourth-order valence-corrected chi connectivity index (χ4v) is 5.76. The molecule has 2 aliphatic heterocycles. The number of likely N-dealkylation sites (tertiary alicyclic amines) is 1. The number of rotatable bonds is 3. The SMILES string of the molecule is O=c1oc(-c2cc(Cl)cc3c2OCCC3)nn1C1CCN(C2Cc3ccccc3C2)CC1. The molecule has 3 aromatic rings. The molecule has 0 spiro atoms. The second-order valence-electron chi connectivity index (χ2n) is 9.11. The summed E-state index contributed by atoms with van der Waals surface area (Å²) in [5.74, 6) is 0.630. The zero-order valence-electron chi connectivity index (χ0n) is 17.9. The number of ether oxygens (including phenoxy) is 1. The van der Waals surface area contributed by atoms with Gasteiger partial charge in [-0.2, -0.15) is 4.68 Å². The van der Waals surface area contributed by atoms with Crippen LogP contribution in [-0.4, -0.2) is 40.4 Å². The van der Waals surface area contributed by atoms with Crippen LogP contribution in [0.15, 0.2) is 45.6 Å². The van der Waals surface area contributed by atoms with Gasteiger partial charge < -0.3 is 9.15 Å². The van der Waals surface area contributed by atoms with Crippen LogP contribution in [0.2, 0.25) is 5.02 Å². The molecule has 1 aromatic heterocycles. The van der Waals surface area contributed by atoms with Gasteiger partial charge in [-0.25, -0.2) is 4.79 Å². The van der Waals surface area contributed by atoms with Crippen LogP contribution >= 0.6 is 11.6 Å². The molecule has 32 heavy (non-hydrogen) atoms. The van der Waals surface area contributed by atoms with Crippen LogP contribution in [-0.2, 0) is 19.3 Å². The maximum absolute atomic E-state index is 12.7. The molecule has 0 radical (unpaired) electrons. The van der Waals surface area contributed by atoms with Gasteiger partial charge in [0.25, 0.3) is 5.89 Å². The molecule has 0 unspecified atom stereocenters. The average molecular weight is 452 g/mol. The van der Waals surface area contributed by atoms with Crippen LogP contribution in [0.5, 0.6) is 5.75 Å². The van der Waals surface area contributed by atoms with Gasteiger partial charge in [-0.3, -0.25) is 4.90 Å². The van der Waals surface area contributed by atoms with E-state index in [0.29, 0.717) is 29.1 Å². The molecule has 0 N–H and O–H groups in total. The summed E-state index contributed by atoms with van der Waals surface area (Å²) in [5, 5.41) is 5.19. The molecule has 7 heteroatoms. The lowest BCUT2D eigenvalue weighted by Gasteiger charge is -2.35. The number of nitrogens with zero attached hydrogens (tertiary/aromatic N) is 3. The Morgan fingerprint density at radius 2 is 1.75 bits per heavy atom. The molecule has 6 nitrogen and oxygen atoms in total. The normalized spacial score (nSPS) is 19.5. The van der Waals surface area contributed by atoms with Gasteiger partial charge in [0.1, 0.15) is 5.75 Å². The quantitative estimate of drug-likeness (QED) is 0.594. The number of fused-ring (bicyclic) bond motifs is 2. The second-order valence-corrected chi connectivity index (χ2v) is 9.55. The predicted octanol–water partition coefficient (Wildman–Crippen LogP) is 4.29. The average Bonchev–Trinajstić information content (AvgIpc) is 3.42. The number of halogens is 1. The van der Waals surface area contributed by atoms with Gasteiger partial charge in [0.15, 0.2) is 0 Å². The van der Waals surface area contributed by atoms with Crippen molar-refractivity contribution in [3.8, 4) is 17.2 Å². The lowest BCUT2D eigenvalue weighted by atomic mass is 10.0. The Morgan fingerprint density at radius 1 is 1.00 bits per heavy atom. The largest absolute Gasteiger partial charge is 0.492 e. The van der Waals surface area contributed by atoms with E-state index in [2.05, 4.69) is 34.3 Å². The monoisotopic (exact) mass is 451 g/mol. The number of benzene rings is 2. The van der Waals surface area contributed by atoms with E-state index in [9.17, 15) is 4.79 Å². The van der Waals surface area contributed by atoms with Gasteiger partial charge in [-0.1, -0.05) is 35.9 Å². The van der Waals surface area contributed by atoms with Crippen molar-refractivity contribution >= 4 is 11.6 Å². The second kappa shape index (κ2) is 8.09. The highest BCUT2D eigenvalue weighted by Gasteiger charge is 2.32. The molecule has 1 aliphatic carbocycles. The zero-order valence-corrected chi connectivity index (χ0v) is 18.7. The molecule has 3 heterocycles. The predicted molar refractivity (Wildman–Crippen MR) is 123 cm³/mol. The molecule has 0 atom stereocenters. The summed E-state index contributed by atoms with van der Waals surface area (Å²) in [7, 11) is 0. The van der Waals surface area contributed by atoms with Crippen LogP contribution in [0, 0.1) is 0 Å². The number of aromatic nitrogens is 2. The minimum atomic E-state index is -0.406. The van der Waals surface area contributed by atoms with E-state index in [-0.39, 0.29) is 6.04 Å². The summed E-state index contributed by atoms with van der Waals surface area (Å²) >= 11 is 6.32. The third-order valence-electron chi connectivity index (χ3n) is 7.16. The third kappa shape index (κ3) is 3.55. The van der Waals surface area contributed by atoms with Gasteiger partial charge in [-0.15, -0.1) is 5.10 Å². The molecular weight excluding hydrogens is 426 g/mol. The van der Waals surface area contributed by atoms with Gasteiger partial charge >= 0.3 is 5.76 Å². The highest BCUT2D eigenvalue weighted by molar-refractivity contribution is 6.31. The summed E-state index contributed by atoms with van der Waals surface area (Å²) in [4.78, 5) is 15.3. The van der Waals surface area contributed by atoms with Crippen molar-refractivity contribution in [2.24, 2.45) is 0 Å². The van der Waals surface area contributed by atoms with Gasteiger partial charge in [0.05, 0.1) is 18.2 Å². The lowest BCUT2D eigenvalue weighted by Crippen LogP contribution is -2.43. The van der Waals surface area contributed by atoms with Gasteiger partial charge in [0, 0.05) is 24.2 Å². The summed E-state index contributed by atoms with van der Waals surface area (Å²) in [5.41, 5.74) is 4.67. The maximum Gasteiger partial charge on any atom is 0.437 e. The van der Waals surface area contributed by atoms with Gasteiger partial charge in [0.2, 0.25) is 0 Å². The molecule has 1 fully saturated rings. The van der Waals surface area contributed by atoms with Crippen LogP contribution in [0.3, 0.4) is 0 Å². The highest BCUT2D eigenvalue weighted by Crippen LogP contribution is 2.38. The first-order valence-corrected chi connectivity index (χ1v) is 11.9. The Balaban J connectivity index is 1.19. The molecule has 166 valence electrons. The minimum absolute atomic E-state index is 0.0518. The fourth-order valence-electron chi connectivity index (χ4n) is 5.52. The van der Waals surface area contributed by atoms with Crippen molar-refractivity contribution in [3.63, 3.8) is 0 Å². The van der Waals surface area contributed by atoms with Crippen molar-refractivity contribution in [1.29, 1.82) is 0 Å². The molecule has 1 saturated heterocycles. The molecule has 6 rings (SSSR count).